The predicted octanol–water partition coefficient (Wildman–Crippen LogP) is 3.69. The molecule has 2 N–H and O–H groups in total. The van der Waals surface area contributed by atoms with E-state index in [4.69, 9.17) is 4.74 Å². The summed E-state index contributed by atoms with van der Waals surface area (Å²) in [5.41, 5.74) is 1.55. The van der Waals surface area contributed by atoms with Crippen molar-refractivity contribution in [2.75, 3.05) is 6.61 Å². The van der Waals surface area contributed by atoms with Crippen LogP contribution in [0.1, 0.15) is 5.56 Å². The minimum absolute atomic E-state index is 0.0661. The summed E-state index contributed by atoms with van der Waals surface area (Å²) in [5, 5.41) is 12.3. The maximum Gasteiger partial charge on any atom is 0.310 e. The largest absolute Gasteiger partial charge is 0.493 e. The van der Waals surface area contributed by atoms with Crippen molar-refractivity contribution < 1.29 is 19.4 Å². The maximum atomic E-state index is 12.2. The smallest absolute Gasteiger partial charge is 0.310 e. The number of nitrogens with zero attached hydrogens (tertiary/aromatic N) is 1. The highest BCUT2D eigenvalue weighted by molar-refractivity contribution is 8.18. The lowest BCUT2D eigenvalue weighted by Gasteiger charge is -2.08. The van der Waals surface area contributed by atoms with Crippen LogP contribution >= 0.6 is 23.1 Å². The number of thioether (sulfide) groups is 1. The number of hydrogen-bond donors (Lipinski definition) is 2. The molecule has 2 aromatic carbocycles. The molecule has 30 heavy (non-hydrogen) atoms. The van der Waals surface area contributed by atoms with Gasteiger partial charge in [-0.3, -0.25) is 24.3 Å². The molecule has 152 valence electrons. The van der Waals surface area contributed by atoms with E-state index in [-0.39, 0.29) is 29.1 Å². The van der Waals surface area contributed by atoms with Gasteiger partial charge in [-0.15, -0.1) is 0 Å². The molecule has 2 heterocycles. The zero-order valence-electron chi connectivity index (χ0n) is 15.5. The van der Waals surface area contributed by atoms with Crippen LogP contribution < -0.4 is 14.9 Å². The number of thiazole rings is 1. The van der Waals surface area contributed by atoms with E-state index in [0.29, 0.717) is 15.5 Å². The third-order valence-corrected chi connectivity index (χ3v) is 6.14. The summed E-state index contributed by atoms with van der Waals surface area (Å²) >= 11 is 1.86. The third kappa shape index (κ3) is 4.32. The van der Waals surface area contributed by atoms with Crippen molar-refractivity contribution in [2.45, 2.75) is 6.54 Å². The van der Waals surface area contributed by atoms with Gasteiger partial charge in [0.15, 0.2) is 0 Å². The first-order valence-corrected chi connectivity index (χ1v) is 10.6. The molecule has 0 aliphatic carbocycles. The monoisotopic (exact) mass is 440 g/mol. The number of aromatic nitrogens is 1. The second kappa shape index (κ2) is 8.60. The maximum absolute atomic E-state index is 12.2. The minimum Gasteiger partial charge on any atom is -0.493 e. The van der Waals surface area contributed by atoms with Gasteiger partial charge in [0.05, 0.1) is 16.3 Å². The van der Waals surface area contributed by atoms with Gasteiger partial charge < -0.3 is 9.84 Å². The first-order chi connectivity index (χ1) is 14.5. The summed E-state index contributed by atoms with van der Waals surface area (Å²) in [5.74, 6) is 0.118. The van der Waals surface area contributed by atoms with Crippen molar-refractivity contribution in [1.82, 2.24) is 9.88 Å². The molecular weight excluding hydrogens is 424 g/mol. The molecule has 1 aliphatic rings. The summed E-state index contributed by atoms with van der Waals surface area (Å²) in [6, 6.07) is 16.2. The summed E-state index contributed by atoms with van der Waals surface area (Å²) in [4.78, 5) is 35.6. The number of rotatable bonds is 6. The first-order valence-electron chi connectivity index (χ1n) is 8.97. The second-order valence-corrected chi connectivity index (χ2v) is 8.28. The van der Waals surface area contributed by atoms with Crippen LogP contribution in [0.5, 0.6) is 11.6 Å². The summed E-state index contributed by atoms with van der Waals surface area (Å²) in [6.45, 7) is 0.407. The Balaban J connectivity index is 1.39. The number of ether oxygens (including phenoxy) is 1. The van der Waals surface area contributed by atoms with E-state index >= 15 is 0 Å². The molecule has 3 aromatic rings. The van der Waals surface area contributed by atoms with E-state index in [2.05, 4.69) is 5.32 Å². The van der Waals surface area contributed by atoms with Gasteiger partial charge in [-0.2, -0.15) is 0 Å². The van der Waals surface area contributed by atoms with Crippen molar-refractivity contribution >= 4 is 40.3 Å². The number of aromatic hydroxyl groups is 1. The zero-order chi connectivity index (χ0) is 21.1. The molecule has 0 unspecified atom stereocenters. The topological polar surface area (TPSA) is 97.6 Å². The zero-order valence-corrected chi connectivity index (χ0v) is 17.2. The van der Waals surface area contributed by atoms with Gasteiger partial charge in [0, 0.05) is 0 Å². The van der Waals surface area contributed by atoms with Crippen LogP contribution in [-0.4, -0.2) is 27.4 Å². The number of benzene rings is 2. The molecule has 0 radical (unpaired) electrons. The van der Waals surface area contributed by atoms with Gasteiger partial charge in [0.2, 0.25) is 5.88 Å². The fourth-order valence-electron chi connectivity index (χ4n) is 2.86. The lowest BCUT2D eigenvalue weighted by atomic mass is 10.2. The van der Waals surface area contributed by atoms with Crippen LogP contribution in [0.2, 0.25) is 0 Å². The molecular formula is C21H16N2O5S2. The van der Waals surface area contributed by atoms with E-state index in [0.717, 1.165) is 34.2 Å². The Morgan fingerprint density at radius 1 is 1.03 bits per heavy atom. The van der Waals surface area contributed by atoms with Gasteiger partial charge >= 0.3 is 4.87 Å². The number of amides is 2. The van der Waals surface area contributed by atoms with Gasteiger partial charge in [-0.05, 0) is 41.1 Å². The molecule has 9 heteroatoms. The van der Waals surface area contributed by atoms with Gasteiger partial charge in [0.1, 0.15) is 12.4 Å². The Kier molecular flexibility index (Phi) is 5.73. The normalized spacial score (nSPS) is 14.9. The first kappa shape index (κ1) is 20.0. The molecule has 1 saturated heterocycles. The number of carbonyl (C=O) groups is 2. The quantitative estimate of drug-likeness (QED) is 0.568. The molecule has 0 saturated carbocycles. The number of imide groups is 1. The van der Waals surface area contributed by atoms with E-state index in [1.165, 1.54) is 4.57 Å². The van der Waals surface area contributed by atoms with Crippen molar-refractivity contribution in [1.29, 1.82) is 0 Å². The number of carbonyl (C=O) groups excluding carboxylic acids is 2. The lowest BCUT2D eigenvalue weighted by molar-refractivity contribution is -0.115. The molecule has 0 atom stereocenters. The fourth-order valence-corrected chi connectivity index (χ4v) is 4.46. The van der Waals surface area contributed by atoms with Crippen LogP contribution in [0.25, 0.3) is 16.5 Å². The van der Waals surface area contributed by atoms with Crippen molar-refractivity contribution in [3.63, 3.8) is 0 Å². The Hall–Kier alpha value is -3.30. The molecule has 7 nitrogen and oxygen atoms in total. The SMILES string of the molecule is O=C1NC(=O)C(=Cc2ccc(OCCn3c(O)c(-c4ccccc4)sc3=O)cc2)S1. The van der Waals surface area contributed by atoms with E-state index in [1.807, 2.05) is 30.3 Å². The van der Waals surface area contributed by atoms with Crippen molar-refractivity contribution in [3.8, 4) is 22.1 Å². The molecule has 2 amide bonds. The van der Waals surface area contributed by atoms with Gasteiger partial charge in [-0.25, -0.2) is 0 Å². The minimum atomic E-state index is -0.402. The van der Waals surface area contributed by atoms with E-state index < -0.39 is 5.91 Å². The number of nitrogens with one attached hydrogen (secondary N) is 1. The highest BCUT2D eigenvalue weighted by Gasteiger charge is 2.24. The molecule has 1 fully saturated rings. The molecule has 1 aliphatic heterocycles. The predicted molar refractivity (Wildman–Crippen MR) is 117 cm³/mol. The van der Waals surface area contributed by atoms with Crippen LogP contribution in [0, 0.1) is 0 Å². The summed E-state index contributed by atoms with van der Waals surface area (Å²) < 4.78 is 6.96. The molecule has 0 bridgehead atoms. The summed E-state index contributed by atoms with van der Waals surface area (Å²) in [7, 11) is 0. The van der Waals surface area contributed by atoms with E-state index in [1.54, 1.807) is 30.3 Å². The van der Waals surface area contributed by atoms with Crippen LogP contribution in [-0.2, 0) is 11.3 Å². The molecule has 1 aromatic heterocycles. The highest BCUT2D eigenvalue weighted by atomic mass is 32.2. The van der Waals surface area contributed by atoms with Crippen LogP contribution in [0.4, 0.5) is 4.79 Å². The Bertz CT molecular complexity index is 1180. The van der Waals surface area contributed by atoms with Gasteiger partial charge in [0.25, 0.3) is 11.1 Å². The third-order valence-electron chi connectivity index (χ3n) is 4.31. The van der Waals surface area contributed by atoms with Gasteiger partial charge in [-0.1, -0.05) is 53.8 Å². The molecule has 0 spiro atoms. The lowest BCUT2D eigenvalue weighted by Crippen LogP contribution is -2.17. The second-order valence-electron chi connectivity index (χ2n) is 6.31. The Morgan fingerprint density at radius 2 is 1.77 bits per heavy atom. The van der Waals surface area contributed by atoms with Crippen LogP contribution in [0.15, 0.2) is 64.3 Å². The number of hydrogen-bond acceptors (Lipinski definition) is 7. The standard InChI is InChI=1S/C21H16N2O5S2/c24-18-16(29-20(26)22-18)12-13-6-8-15(9-7-13)28-11-10-23-19(25)17(30-21(23)27)14-4-2-1-3-5-14/h1-9,12,25H,10-11H2,(H,22,24,26). The Labute approximate surface area is 179 Å². The molecule has 4 rings (SSSR count). The van der Waals surface area contributed by atoms with Crippen molar-refractivity contribution in [3.05, 3.63) is 74.7 Å². The van der Waals surface area contributed by atoms with Crippen molar-refractivity contribution in [2.24, 2.45) is 0 Å². The Morgan fingerprint density at radius 3 is 2.43 bits per heavy atom. The van der Waals surface area contributed by atoms with Crippen LogP contribution in [0.3, 0.4) is 0 Å². The fraction of sp³-hybridized carbons (Fsp3) is 0.0952. The average Bonchev–Trinajstić information content (AvgIpc) is 3.21. The average molecular weight is 441 g/mol. The summed E-state index contributed by atoms with van der Waals surface area (Å²) in [6.07, 6.45) is 1.63. The van der Waals surface area contributed by atoms with E-state index in [9.17, 15) is 19.5 Å². The highest BCUT2D eigenvalue weighted by Crippen LogP contribution is 2.31.